The van der Waals surface area contributed by atoms with E-state index in [1.54, 1.807) is 10.9 Å². The third-order valence-electron chi connectivity index (χ3n) is 6.61. The number of ether oxygens (including phenoxy) is 1. The molecular weight excluding hydrogens is 541 g/mol. The number of imidazole rings is 1. The van der Waals surface area contributed by atoms with Gasteiger partial charge in [-0.3, -0.25) is 4.57 Å². The maximum Gasteiger partial charge on any atom is 0.353 e. The quantitative estimate of drug-likeness (QED) is 0.0668. The van der Waals surface area contributed by atoms with Gasteiger partial charge in [-0.2, -0.15) is 0 Å². The summed E-state index contributed by atoms with van der Waals surface area (Å²) in [4.78, 5) is 22.4. The monoisotopic (exact) mass is 593 g/mol. The van der Waals surface area contributed by atoms with Gasteiger partial charge >= 0.3 is 7.60 Å². The van der Waals surface area contributed by atoms with Crippen LogP contribution < -0.4 is 5.73 Å². The molecule has 2 heterocycles. The van der Waals surface area contributed by atoms with Crippen LogP contribution in [0.1, 0.15) is 96.8 Å². The van der Waals surface area contributed by atoms with Crippen molar-refractivity contribution in [1.29, 1.82) is 0 Å². The highest BCUT2D eigenvalue weighted by Gasteiger charge is 2.21. The number of hydrogen-bond acceptors (Lipinski definition) is 7. The van der Waals surface area contributed by atoms with Crippen molar-refractivity contribution >= 4 is 32.7 Å². The lowest BCUT2D eigenvalue weighted by Gasteiger charge is -2.17. The summed E-state index contributed by atoms with van der Waals surface area (Å²) in [7, 11) is -4.98. The molecule has 0 bridgehead atoms. The van der Waals surface area contributed by atoms with Crippen molar-refractivity contribution in [3.63, 3.8) is 0 Å². The van der Waals surface area contributed by atoms with E-state index in [-0.39, 0.29) is 19.1 Å². The lowest BCUT2D eigenvalue weighted by molar-refractivity contribution is 0.0715. The first-order chi connectivity index (χ1) is 19.1. The lowest BCUT2D eigenvalue weighted by Crippen LogP contribution is -2.17. The van der Waals surface area contributed by atoms with Crippen molar-refractivity contribution in [3.05, 3.63) is 12.7 Å². The summed E-state index contributed by atoms with van der Waals surface area (Å²) in [5.41, 5.74) is 10.4. The minimum Gasteiger partial charge on any atom is -0.382 e. The Kier molecular flexibility index (Phi) is 16.0. The Morgan fingerprint density at radius 3 is 2.12 bits per heavy atom. The molecule has 1 unspecified atom stereocenters. The highest BCUT2D eigenvalue weighted by atomic mass is 31.2. The third-order valence-corrected chi connectivity index (χ3v) is 8.60. The number of nitrogens with two attached hydrogens (primary N) is 1. The van der Waals surface area contributed by atoms with Gasteiger partial charge in [-0.1, -0.05) is 90.3 Å². The predicted octanol–water partition coefficient (Wildman–Crippen LogP) is 7.32. The van der Waals surface area contributed by atoms with Crippen LogP contribution in [0.25, 0.3) is 11.2 Å². The lowest BCUT2D eigenvalue weighted by atomic mass is 10.0. The second kappa shape index (κ2) is 18.6. The van der Waals surface area contributed by atoms with Crippen LogP contribution in [0.4, 0.5) is 5.82 Å². The van der Waals surface area contributed by atoms with Crippen LogP contribution in [0.15, 0.2) is 12.7 Å². The largest absolute Gasteiger partial charge is 0.382 e. The molecule has 0 aliphatic heterocycles. The number of rotatable bonds is 21. The molecule has 40 heavy (non-hydrogen) atoms. The first kappa shape index (κ1) is 34.4. The molecule has 11 heteroatoms. The number of fused-ring (bicyclic) bond motifs is 1. The van der Waals surface area contributed by atoms with Crippen LogP contribution in [0.3, 0.4) is 0 Å². The predicted molar refractivity (Wildman–Crippen MR) is 167 cm³/mol. The molecule has 0 aromatic carbocycles. The van der Waals surface area contributed by atoms with E-state index < -0.39 is 15.7 Å². The zero-order chi connectivity index (χ0) is 29.3. The summed E-state index contributed by atoms with van der Waals surface area (Å²) < 4.78 is 25.0. The molecule has 2 rings (SSSR count). The third kappa shape index (κ3) is 15.3. The van der Waals surface area contributed by atoms with Gasteiger partial charge in [0.15, 0.2) is 11.5 Å². The molecule has 2 aromatic heterocycles. The number of unbranched alkanes of at least 4 members (excludes halogenated alkanes) is 13. The number of nitrogens with zero attached hydrogens (tertiary/aromatic N) is 4. The van der Waals surface area contributed by atoms with E-state index in [1.807, 2.05) is 6.92 Å². The molecule has 9 nitrogen and oxygen atoms in total. The van der Waals surface area contributed by atoms with Gasteiger partial charge < -0.3 is 24.5 Å². The molecule has 2 atom stereocenters. The van der Waals surface area contributed by atoms with E-state index in [4.69, 9.17) is 15.0 Å². The Morgan fingerprint density at radius 2 is 1.52 bits per heavy atom. The summed E-state index contributed by atoms with van der Waals surface area (Å²) in [5.74, 6) is 3.68. The number of anilines is 1. The summed E-state index contributed by atoms with van der Waals surface area (Å²) in [6.45, 7) is 9.42. The van der Waals surface area contributed by atoms with E-state index in [2.05, 4.69) is 46.1 Å². The van der Waals surface area contributed by atoms with E-state index in [0.29, 0.717) is 23.5 Å². The van der Waals surface area contributed by atoms with E-state index in [1.165, 1.54) is 70.5 Å². The molecule has 0 radical (unpaired) electrons. The molecular formula is C29H52N5O4PSi. The molecule has 2 aromatic rings. The molecule has 0 saturated heterocycles. The normalized spacial score (nSPS) is 14.1. The summed E-state index contributed by atoms with van der Waals surface area (Å²) >= 11 is 0. The van der Waals surface area contributed by atoms with Gasteiger partial charge in [0.2, 0.25) is 0 Å². The average molecular weight is 594 g/mol. The minimum atomic E-state index is -3.79. The highest BCUT2D eigenvalue weighted by Crippen LogP contribution is 2.42. The smallest absolute Gasteiger partial charge is 0.353 e. The van der Waals surface area contributed by atoms with E-state index in [0.717, 1.165) is 25.7 Å². The molecule has 0 aliphatic rings. The first-order valence-corrected chi connectivity index (χ1v) is 20.3. The van der Waals surface area contributed by atoms with Crippen molar-refractivity contribution in [2.75, 3.05) is 18.7 Å². The van der Waals surface area contributed by atoms with Crippen molar-refractivity contribution in [2.24, 2.45) is 0 Å². The van der Waals surface area contributed by atoms with Crippen molar-refractivity contribution in [2.45, 2.75) is 129 Å². The molecule has 0 amide bonds. The van der Waals surface area contributed by atoms with E-state index >= 15 is 0 Å². The summed E-state index contributed by atoms with van der Waals surface area (Å²) in [6.07, 6.45) is 19.4. The Balaban J connectivity index is 1.39. The molecule has 0 saturated carbocycles. The van der Waals surface area contributed by atoms with Crippen molar-refractivity contribution in [3.8, 4) is 11.5 Å². The number of aromatic nitrogens is 4. The minimum absolute atomic E-state index is 0.277. The Hall–Kier alpha value is -1.76. The van der Waals surface area contributed by atoms with Gasteiger partial charge in [0.05, 0.1) is 25.6 Å². The topological polar surface area (TPSA) is 125 Å². The standard InChI is InChI=1S/C29H52N5O4PSi/c1-26(22-34-24-33-27-28(30)31-23-32-29(27)34)37-25-39(35,36)38-20-18-16-14-12-10-8-6-5-7-9-11-13-15-17-19-21-40(2,3)4/h23-24,26H,5-18,20,22,25H2,1-4H3,(H,35,36)(H2,30,31,32)/t26-/m1/s1. The van der Waals surface area contributed by atoms with Crippen LogP contribution >= 0.6 is 7.60 Å². The maximum absolute atomic E-state index is 12.3. The molecule has 0 fully saturated rings. The van der Waals surface area contributed by atoms with Crippen LogP contribution in [0, 0.1) is 11.5 Å². The molecule has 3 N–H and O–H groups in total. The molecule has 226 valence electrons. The summed E-state index contributed by atoms with van der Waals surface area (Å²) in [5, 5.41) is 0. The average Bonchev–Trinajstić information content (AvgIpc) is 3.30. The van der Waals surface area contributed by atoms with Crippen molar-refractivity contribution < 1.29 is 18.7 Å². The zero-order valence-electron chi connectivity index (χ0n) is 25.2. The Bertz CT molecular complexity index is 1100. The van der Waals surface area contributed by atoms with Crippen molar-refractivity contribution in [1.82, 2.24) is 19.5 Å². The highest BCUT2D eigenvalue weighted by molar-refractivity contribution is 7.52. The number of nitrogen functional groups attached to an aromatic ring is 1. The van der Waals surface area contributed by atoms with Gasteiger partial charge in [0, 0.05) is 6.42 Å². The van der Waals surface area contributed by atoms with Gasteiger partial charge in [0.1, 0.15) is 26.3 Å². The fourth-order valence-electron chi connectivity index (χ4n) is 4.42. The maximum atomic E-state index is 12.3. The van der Waals surface area contributed by atoms with Gasteiger partial charge in [0.25, 0.3) is 0 Å². The van der Waals surface area contributed by atoms with Crippen LogP contribution in [0.5, 0.6) is 0 Å². The van der Waals surface area contributed by atoms with E-state index in [9.17, 15) is 9.46 Å². The second-order valence-corrected chi connectivity index (χ2v) is 18.3. The van der Waals surface area contributed by atoms with Crippen LogP contribution in [-0.2, 0) is 20.4 Å². The fraction of sp³-hybridized carbons (Fsp3) is 0.759. The van der Waals surface area contributed by atoms with Gasteiger partial charge in [-0.15, -0.1) is 11.5 Å². The SMILES string of the molecule is C[C@H](Cn1cnc2c(N)ncnc21)OCP(=O)(O)OCCCCCCCCCCCCCCCC#C[Si](C)(C)C. The van der Waals surface area contributed by atoms with Gasteiger partial charge in [-0.05, 0) is 19.8 Å². The summed E-state index contributed by atoms with van der Waals surface area (Å²) in [6, 6.07) is 0. The number of hydrogen-bond donors (Lipinski definition) is 2. The van der Waals surface area contributed by atoms with Gasteiger partial charge in [-0.25, -0.2) is 15.0 Å². The fourth-order valence-corrected chi connectivity index (χ4v) is 6.00. The molecule has 0 spiro atoms. The Labute approximate surface area is 242 Å². The zero-order valence-corrected chi connectivity index (χ0v) is 27.1. The first-order valence-electron chi connectivity index (χ1n) is 15.1. The second-order valence-electron chi connectivity index (χ2n) is 11.8. The molecule has 0 aliphatic carbocycles. The van der Waals surface area contributed by atoms with Crippen LogP contribution in [0.2, 0.25) is 19.6 Å². The Morgan fingerprint density at radius 1 is 0.950 bits per heavy atom. The van der Waals surface area contributed by atoms with Crippen LogP contribution in [-0.4, -0.2) is 51.5 Å².